The molecule has 0 amide bonds. The lowest BCUT2D eigenvalue weighted by Crippen LogP contribution is -2.38. The van der Waals surface area contributed by atoms with Gasteiger partial charge in [0.2, 0.25) is 0 Å². The largest absolute Gasteiger partial charge is 0.493 e. The number of aryl methyl sites for hydroxylation is 3. The highest BCUT2D eigenvalue weighted by atomic mass is 19.1. The molecular formula is C24H32FN5O2. The molecule has 1 aliphatic heterocycles. The highest BCUT2D eigenvalue weighted by Gasteiger charge is 2.26. The molecule has 1 atom stereocenters. The summed E-state index contributed by atoms with van der Waals surface area (Å²) in [4.78, 5) is 2.42. The van der Waals surface area contributed by atoms with Crippen LogP contribution in [0.4, 0.5) is 4.39 Å². The van der Waals surface area contributed by atoms with Crippen LogP contribution in [0.2, 0.25) is 0 Å². The van der Waals surface area contributed by atoms with E-state index >= 15 is 0 Å². The third-order valence-electron chi connectivity index (χ3n) is 6.11. The molecule has 32 heavy (non-hydrogen) atoms. The van der Waals surface area contributed by atoms with Crippen molar-refractivity contribution in [1.29, 1.82) is 0 Å². The molecule has 0 spiro atoms. The lowest BCUT2D eigenvalue weighted by molar-refractivity contribution is -0.0353. The molecule has 3 aromatic rings. The molecule has 2 aromatic heterocycles. The average Bonchev–Trinajstić information content (AvgIpc) is 3.28. The molecule has 3 heterocycles. The topological polar surface area (TPSA) is 57.3 Å². The summed E-state index contributed by atoms with van der Waals surface area (Å²) in [6.07, 6.45) is 0.625. The maximum atomic E-state index is 13.3. The van der Waals surface area contributed by atoms with Crippen molar-refractivity contribution in [2.24, 2.45) is 7.05 Å². The molecule has 0 radical (unpaired) electrons. The number of aromatic nitrogens is 4. The summed E-state index contributed by atoms with van der Waals surface area (Å²) in [6, 6.07) is 8.30. The molecule has 0 unspecified atom stereocenters. The van der Waals surface area contributed by atoms with E-state index in [0.717, 1.165) is 43.3 Å². The van der Waals surface area contributed by atoms with Gasteiger partial charge in [-0.05, 0) is 39.0 Å². The summed E-state index contributed by atoms with van der Waals surface area (Å²) < 4.78 is 29.0. The van der Waals surface area contributed by atoms with Gasteiger partial charge in [0.15, 0.2) is 0 Å². The lowest BCUT2D eigenvalue weighted by Gasteiger charge is -2.32. The number of benzene rings is 1. The molecule has 1 aliphatic rings. The van der Waals surface area contributed by atoms with Gasteiger partial charge >= 0.3 is 0 Å². The van der Waals surface area contributed by atoms with Gasteiger partial charge in [-0.1, -0.05) is 6.07 Å². The van der Waals surface area contributed by atoms with Crippen LogP contribution in [0.5, 0.6) is 5.75 Å². The van der Waals surface area contributed by atoms with Crippen molar-refractivity contribution in [3.05, 3.63) is 64.5 Å². The summed E-state index contributed by atoms with van der Waals surface area (Å²) in [5.41, 5.74) is 5.66. The molecule has 0 aliphatic carbocycles. The highest BCUT2D eigenvalue weighted by molar-refractivity contribution is 5.25. The molecule has 8 heteroatoms. The maximum absolute atomic E-state index is 13.3. The van der Waals surface area contributed by atoms with Crippen molar-refractivity contribution in [2.75, 3.05) is 26.3 Å². The van der Waals surface area contributed by atoms with E-state index in [1.165, 1.54) is 23.4 Å². The number of hydrogen-bond acceptors (Lipinski definition) is 5. The van der Waals surface area contributed by atoms with E-state index in [1.807, 2.05) is 11.7 Å². The van der Waals surface area contributed by atoms with Crippen LogP contribution in [0.15, 0.2) is 30.3 Å². The Labute approximate surface area is 188 Å². The molecule has 172 valence electrons. The first-order chi connectivity index (χ1) is 15.4. The number of rotatable bonds is 8. The van der Waals surface area contributed by atoms with Crippen molar-refractivity contribution < 1.29 is 13.9 Å². The van der Waals surface area contributed by atoms with Crippen molar-refractivity contribution in [2.45, 2.75) is 46.4 Å². The molecule has 1 saturated heterocycles. The third-order valence-corrected chi connectivity index (χ3v) is 6.11. The zero-order valence-corrected chi connectivity index (χ0v) is 19.3. The Bertz CT molecular complexity index is 1060. The molecule has 0 bridgehead atoms. The normalized spacial score (nSPS) is 17.1. The minimum absolute atomic E-state index is 0.0605. The van der Waals surface area contributed by atoms with Crippen LogP contribution in [-0.2, 0) is 31.3 Å². The quantitative estimate of drug-likeness (QED) is 0.535. The number of hydrogen-bond donors (Lipinski definition) is 0. The third kappa shape index (κ3) is 5.02. The molecule has 4 rings (SSSR count). The highest BCUT2D eigenvalue weighted by Crippen LogP contribution is 2.25. The summed E-state index contributed by atoms with van der Waals surface area (Å²) in [6.45, 7) is 10.9. The van der Waals surface area contributed by atoms with Gasteiger partial charge in [-0.25, -0.2) is 4.39 Å². The Balaban J connectivity index is 1.37. The van der Waals surface area contributed by atoms with Gasteiger partial charge < -0.3 is 9.47 Å². The van der Waals surface area contributed by atoms with Gasteiger partial charge in [-0.3, -0.25) is 14.3 Å². The minimum Gasteiger partial charge on any atom is -0.493 e. The second-order valence-electron chi connectivity index (χ2n) is 8.30. The fourth-order valence-electron chi connectivity index (χ4n) is 4.27. The number of nitrogens with zero attached hydrogens (tertiary/aromatic N) is 5. The monoisotopic (exact) mass is 441 g/mol. The Hall–Kier alpha value is -2.71. The predicted molar refractivity (Wildman–Crippen MR) is 120 cm³/mol. The van der Waals surface area contributed by atoms with Crippen LogP contribution in [0.1, 0.15) is 41.4 Å². The van der Waals surface area contributed by atoms with E-state index in [0.29, 0.717) is 25.4 Å². The Kier molecular flexibility index (Phi) is 6.91. The number of halogens is 1. The van der Waals surface area contributed by atoms with Crippen LogP contribution in [0.3, 0.4) is 0 Å². The molecule has 0 saturated carbocycles. The van der Waals surface area contributed by atoms with Crippen LogP contribution < -0.4 is 4.74 Å². The average molecular weight is 442 g/mol. The molecule has 1 fully saturated rings. The molecular weight excluding hydrogens is 409 g/mol. The SMILES string of the molecule is CCn1nc(C)c(CN2CCO[C@H](c3cc(CCOc4cccc(F)c4)n(C)n3)C2)c1C. The van der Waals surface area contributed by atoms with Crippen molar-refractivity contribution in [1.82, 2.24) is 24.5 Å². The Morgan fingerprint density at radius 1 is 1.22 bits per heavy atom. The van der Waals surface area contributed by atoms with Gasteiger partial charge in [0.1, 0.15) is 17.7 Å². The first-order valence-corrected chi connectivity index (χ1v) is 11.2. The van der Waals surface area contributed by atoms with E-state index < -0.39 is 0 Å². The van der Waals surface area contributed by atoms with Crippen molar-refractivity contribution >= 4 is 0 Å². The fourth-order valence-corrected chi connectivity index (χ4v) is 4.27. The summed E-state index contributed by atoms with van der Waals surface area (Å²) in [7, 11) is 1.94. The minimum atomic E-state index is -0.295. The molecule has 0 N–H and O–H groups in total. The van der Waals surface area contributed by atoms with Crippen LogP contribution >= 0.6 is 0 Å². The lowest BCUT2D eigenvalue weighted by atomic mass is 10.1. The fraction of sp³-hybridized carbons (Fsp3) is 0.500. The van der Waals surface area contributed by atoms with E-state index in [2.05, 4.69) is 41.5 Å². The van der Waals surface area contributed by atoms with Crippen LogP contribution in [0, 0.1) is 19.7 Å². The second kappa shape index (κ2) is 9.83. The maximum Gasteiger partial charge on any atom is 0.126 e. The van der Waals surface area contributed by atoms with Gasteiger partial charge in [-0.15, -0.1) is 0 Å². The van der Waals surface area contributed by atoms with Gasteiger partial charge in [0, 0.05) is 62.7 Å². The predicted octanol–water partition coefficient (Wildman–Crippen LogP) is 3.59. The summed E-state index contributed by atoms with van der Waals surface area (Å²) in [5, 5.41) is 9.35. The van der Waals surface area contributed by atoms with E-state index in [9.17, 15) is 4.39 Å². The van der Waals surface area contributed by atoms with E-state index in [1.54, 1.807) is 12.1 Å². The first-order valence-electron chi connectivity index (χ1n) is 11.2. The molecule has 1 aromatic carbocycles. The summed E-state index contributed by atoms with van der Waals surface area (Å²) >= 11 is 0. The first kappa shape index (κ1) is 22.5. The second-order valence-corrected chi connectivity index (χ2v) is 8.30. The van der Waals surface area contributed by atoms with Gasteiger partial charge in [-0.2, -0.15) is 10.2 Å². The van der Waals surface area contributed by atoms with Gasteiger partial charge in [0.05, 0.1) is 24.6 Å². The van der Waals surface area contributed by atoms with Crippen LogP contribution in [-0.4, -0.2) is 50.8 Å². The summed E-state index contributed by atoms with van der Waals surface area (Å²) in [5.74, 6) is 0.243. The van der Waals surface area contributed by atoms with E-state index in [-0.39, 0.29) is 11.9 Å². The smallest absolute Gasteiger partial charge is 0.126 e. The Morgan fingerprint density at radius 2 is 2.06 bits per heavy atom. The Morgan fingerprint density at radius 3 is 2.81 bits per heavy atom. The standard InChI is InChI=1S/C24H32FN5O2/c1-5-30-18(3)22(17(2)26-30)15-29-10-12-32-24(16-29)23-14-20(28(4)27-23)9-11-31-21-8-6-7-19(25)13-21/h6-8,13-14,24H,5,9-12,15-16H2,1-4H3/t24-/m0/s1. The van der Waals surface area contributed by atoms with Crippen molar-refractivity contribution in [3.8, 4) is 5.75 Å². The van der Waals surface area contributed by atoms with E-state index in [4.69, 9.17) is 14.6 Å². The van der Waals surface area contributed by atoms with Crippen LogP contribution in [0.25, 0.3) is 0 Å². The zero-order valence-electron chi connectivity index (χ0n) is 19.3. The molecule has 7 nitrogen and oxygen atoms in total. The number of ether oxygens (including phenoxy) is 2. The van der Waals surface area contributed by atoms with Crippen molar-refractivity contribution in [3.63, 3.8) is 0 Å². The number of morpholine rings is 1. The van der Waals surface area contributed by atoms with Gasteiger partial charge in [0.25, 0.3) is 0 Å². The zero-order chi connectivity index (χ0) is 22.7.